The summed E-state index contributed by atoms with van der Waals surface area (Å²) >= 11 is 0. The second-order valence-corrected chi connectivity index (χ2v) is 0.793. The van der Waals surface area contributed by atoms with Crippen molar-refractivity contribution >= 4 is 0 Å². The van der Waals surface area contributed by atoms with Gasteiger partial charge in [-0.25, -0.2) is 0 Å². The molecule has 1 heteroatoms. The Morgan fingerprint density at radius 3 is 2.50 bits per heavy atom. The summed E-state index contributed by atoms with van der Waals surface area (Å²) in [5, 5.41) is 0. The van der Waals surface area contributed by atoms with Gasteiger partial charge < -0.3 is 0 Å². The van der Waals surface area contributed by atoms with E-state index in [9.17, 15) is 4.39 Å². The molecule has 0 aromatic heterocycles. The summed E-state index contributed by atoms with van der Waals surface area (Å²) in [6.45, 7) is 2.84. The predicted molar refractivity (Wildman–Crippen MR) is 23.7 cm³/mol. The molecule has 0 aromatic carbocycles. The van der Waals surface area contributed by atoms with Crippen LogP contribution in [0.3, 0.4) is 0 Å². The Morgan fingerprint density at radius 1 is 1.67 bits per heavy atom. The number of hydrogen-bond acceptors (Lipinski definition) is 0. The summed E-state index contributed by atoms with van der Waals surface area (Å²) < 4.78 is 11.0. The van der Waals surface area contributed by atoms with Crippen molar-refractivity contribution in [3.05, 3.63) is 6.92 Å². The summed E-state index contributed by atoms with van der Waals surface area (Å²) in [5.74, 6) is 4.79. The Morgan fingerprint density at radius 2 is 2.33 bits per heavy atom. The van der Waals surface area contributed by atoms with E-state index in [0.29, 0.717) is 6.42 Å². The van der Waals surface area contributed by atoms with Crippen LogP contribution in [-0.2, 0) is 0 Å². The monoisotopic (exact) mass is 85.0 g/mol. The average molecular weight is 85.1 g/mol. The van der Waals surface area contributed by atoms with Crippen LogP contribution in [0.2, 0.25) is 0 Å². The molecule has 0 nitrogen and oxygen atoms in total. The first-order valence-corrected chi connectivity index (χ1v) is 1.72. The van der Waals surface area contributed by atoms with Gasteiger partial charge in [0.2, 0.25) is 0 Å². The summed E-state index contributed by atoms with van der Waals surface area (Å²) in [4.78, 5) is 0. The van der Waals surface area contributed by atoms with E-state index in [1.54, 1.807) is 0 Å². The van der Waals surface area contributed by atoms with Gasteiger partial charge in [-0.3, -0.25) is 4.39 Å². The minimum atomic E-state index is -0.359. The number of hydrogen-bond donors (Lipinski definition) is 0. The van der Waals surface area contributed by atoms with E-state index in [1.807, 2.05) is 0 Å². The molecule has 0 aliphatic heterocycles. The Balaban J connectivity index is 2.79. The van der Waals surface area contributed by atoms with Gasteiger partial charge in [0.15, 0.2) is 0 Å². The number of alkyl halides is 1. The Kier molecular flexibility index (Phi) is 4.11. The van der Waals surface area contributed by atoms with Crippen molar-refractivity contribution in [2.24, 2.45) is 0 Å². The summed E-state index contributed by atoms with van der Waals surface area (Å²) in [6.07, 6.45) is 0.323. The summed E-state index contributed by atoms with van der Waals surface area (Å²) in [5.41, 5.74) is 0. The number of rotatable bonds is 1. The van der Waals surface area contributed by atoms with Crippen LogP contribution in [-0.4, -0.2) is 6.67 Å². The Hall–Kier alpha value is -0.510. The van der Waals surface area contributed by atoms with Crippen LogP contribution in [0.15, 0.2) is 0 Å². The van der Waals surface area contributed by atoms with E-state index < -0.39 is 0 Å². The normalized spacial score (nSPS) is 6.33. The van der Waals surface area contributed by atoms with Gasteiger partial charge in [-0.15, -0.1) is 11.8 Å². The fourth-order valence-corrected chi connectivity index (χ4v) is 0.136. The molecule has 0 aromatic rings. The van der Waals surface area contributed by atoms with Crippen molar-refractivity contribution in [2.45, 2.75) is 6.42 Å². The minimum Gasteiger partial charge on any atom is -0.250 e. The van der Waals surface area contributed by atoms with Gasteiger partial charge in [0.1, 0.15) is 6.67 Å². The molecule has 0 aliphatic carbocycles. The molecule has 0 rings (SSSR count). The first-order valence-electron chi connectivity index (χ1n) is 1.72. The fourth-order valence-electron chi connectivity index (χ4n) is 0.136. The molecule has 0 saturated heterocycles. The van der Waals surface area contributed by atoms with Crippen molar-refractivity contribution in [3.63, 3.8) is 0 Å². The van der Waals surface area contributed by atoms with Gasteiger partial charge in [0, 0.05) is 13.3 Å². The molecule has 0 aliphatic rings. The summed E-state index contributed by atoms with van der Waals surface area (Å²) in [7, 11) is 0. The van der Waals surface area contributed by atoms with Crippen LogP contribution in [0.1, 0.15) is 6.42 Å². The molecule has 0 atom stereocenters. The molecule has 33 valence electrons. The summed E-state index contributed by atoms with van der Waals surface area (Å²) in [6, 6.07) is 0. The number of halogens is 1. The van der Waals surface area contributed by atoms with Crippen molar-refractivity contribution < 1.29 is 4.39 Å². The smallest absolute Gasteiger partial charge is 0.100 e. The molecule has 6 heavy (non-hydrogen) atoms. The highest BCUT2D eigenvalue weighted by Crippen LogP contribution is 1.72. The third-order valence-corrected chi connectivity index (χ3v) is 0.344. The second-order valence-electron chi connectivity index (χ2n) is 0.793. The maximum Gasteiger partial charge on any atom is 0.100 e. The Labute approximate surface area is 37.4 Å². The highest BCUT2D eigenvalue weighted by molar-refractivity contribution is 5.00. The molecule has 1 radical (unpaired) electrons. The molecule has 0 saturated carbocycles. The standard InChI is InChI=1S/C5H6F/c1-2-3-4-5-6/h1,4-5H2. The van der Waals surface area contributed by atoms with Gasteiger partial charge in [-0.05, 0) is 0 Å². The van der Waals surface area contributed by atoms with Gasteiger partial charge in [0.05, 0.1) is 0 Å². The van der Waals surface area contributed by atoms with Crippen molar-refractivity contribution in [1.82, 2.24) is 0 Å². The lowest BCUT2D eigenvalue weighted by atomic mass is 10.5. The zero-order valence-corrected chi connectivity index (χ0v) is 3.50. The zero-order valence-electron chi connectivity index (χ0n) is 3.50. The minimum absolute atomic E-state index is 0.323. The molecule has 0 bridgehead atoms. The average Bonchev–Trinajstić information content (AvgIpc) is 1.61. The van der Waals surface area contributed by atoms with E-state index in [2.05, 4.69) is 18.8 Å². The van der Waals surface area contributed by atoms with Crippen LogP contribution in [0.5, 0.6) is 0 Å². The third kappa shape index (κ3) is 3.49. The lowest BCUT2D eigenvalue weighted by Crippen LogP contribution is -1.65. The maximum absolute atomic E-state index is 11.0. The lowest BCUT2D eigenvalue weighted by Gasteiger charge is -1.68. The van der Waals surface area contributed by atoms with Gasteiger partial charge in [0.25, 0.3) is 0 Å². The quantitative estimate of drug-likeness (QED) is 0.419. The molecular weight excluding hydrogens is 79.1 g/mol. The molecule has 0 unspecified atom stereocenters. The van der Waals surface area contributed by atoms with Crippen molar-refractivity contribution in [2.75, 3.05) is 6.67 Å². The predicted octanol–water partition coefficient (Wildman–Crippen LogP) is 1.18. The van der Waals surface area contributed by atoms with Crippen molar-refractivity contribution in [1.29, 1.82) is 0 Å². The van der Waals surface area contributed by atoms with Gasteiger partial charge in [-0.2, -0.15) is 0 Å². The van der Waals surface area contributed by atoms with Crippen LogP contribution >= 0.6 is 0 Å². The van der Waals surface area contributed by atoms with Crippen LogP contribution in [0.4, 0.5) is 4.39 Å². The molecule has 0 fully saturated rings. The first kappa shape index (κ1) is 5.49. The fraction of sp³-hybridized carbons (Fsp3) is 0.400. The molecule has 0 spiro atoms. The van der Waals surface area contributed by atoms with Crippen molar-refractivity contribution in [3.8, 4) is 11.8 Å². The first-order chi connectivity index (χ1) is 2.91. The molecular formula is C5H6F. The van der Waals surface area contributed by atoms with Crippen LogP contribution in [0.25, 0.3) is 0 Å². The van der Waals surface area contributed by atoms with E-state index in [4.69, 9.17) is 0 Å². The second kappa shape index (κ2) is 4.49. The molecule has 0 amide bonds. The van der Waals surface area contributed by atoms with E-state index in [1.165, 1.54) is 0 Å². The highest BCUT2D eigenvalue weighted by atomic mass is 19.1. The van der Waals surface area contributed by atoms with E-state index in [-0.39, 0.29) is 6.67 Å². The van der Waals surface area contributed by atoms with E-state index >= 15 is 0 Å². The van der Waals surface area contributed by atoms with Gasteiger partial charge >= 0.3 is 0 Å². The topological polar surface area (TPSA) is 0 Å². The highest BCUT2D eigenvalue weighted by Gasteiger charge is 1.67. The van der Waals surface area contributed by atoms with Gasteiger partial charge in [-0.1, -0.05) is 0 Å². The molecule has 0 heterocycles. The zero-order chi connectivity index (χ0) is 4.83. The third-order valence-electron chi connectivity index (χ3n) is 0.344. The lowest BCUT2D eigenvalue weighted by molar-refractivity contribution is 0.505. The SMILES string of the molecule is [CH2]C#CCCF. The molecule has 0 N–H and O–H groups in total. The maximum atomic E-state index is 11.0. The van der Waals surface area contributed by atoms with Crippen LogP contribution < -0.4 is 0 Å². The van der Waals surface area contributed by atoms with E-state index in [0.717, 1.165) is 0 Å². The largest absolute Gasteiger partial charge is 0.250 e. The van der Waals surface area contributed by atoms with Crippen LogP contribution in [0, 0.1) is 18.8 Å². The Bertz CT molecular complexity index is 65.7.